The lowest BCUT2D eigenvalue weighted by Gasteiger charge is -2.32. The van der Waals surface area contributed by atoms with Gasteiger partial charge in [-0.3, -0.25) is 0 Å². The monoisotopic (exact) mass is 527 g/mol. The van der Waals surface area contributed by atoms with Crippen LogP contribution < -0.4 is 15.1 Å². The minimum Gasteiger partial charge on any atom is -0.478 e. The first-order valence-electron chi connectivity index (χ1n) is 9.37. The number of hydrogen-bond donors (Lipinski definition) is 2. The largest absolute Gasteiger partial charge is 0.478 e. The van der Waals surface area contributed by atoms with Crippen LogP contribution in [0.5, 0.6) is 0 Å². The topological polar surface area (TPSA) is 65.0 Å². The summed E-state index contributed by atoms with van der Waals surface area (Å²) >= 11 is 1.55. The second kappa shape index (κ2) is 8.61. The van der Waals surface area contributed by atoms with Crippen LogP contribution in [0.2, 0.25) is 0 Å². The number of hydrogen-bond acceptors (Lipinski definition) is 6. The van der Waals surface area contributed by atoms with Crippen molar-refractivity contribution < 1.29 is 14.6 Å². The van der Waals surface area contributed by atoms with Crippen molar-refractivity contribution in [2.75, 3.05) is 55.5 Å². The number of nitrogens with one attached hydrogen (secondary N) is 1. The smallest absolute Gasteiger partial charge is 0.339 e. The molecule has 0 atom stereocenters. The molecule has 2 heterocycles. The van der Waals surface area contributed by atoms with Crippen molar-refractivity contribution in [2.24, 2.45) is 0 Å². The molecule has 1 saturated heterocycles. The van der Waals surface area contributed by atoms with E-state index in [9.17, 15) is 9.90 Å². The maximum atomic E-state index is 12.1. The molecule has 0 unspecified atom stereocenters. The van der Waals surface area contributed by atoms with Crippen LogP contribution >= 0.6 is 35.7 Å². The fraction of sp³-hybridized carbons (Fsp3) is 0.381. The molecule has 0 bridgehead atoms. The summed E-state index contributed by atoms with van der Waals surface area (Å²) in [6.07, 6.45) is 0. The number of fused-ring (bicyclic) bond motifs is 2. The number of carboxylic acids is 1. The van der Waals surface area contributed by atoms with Crippen LogP contribution in [0, 0.1) is 13.8 Å². The van der Waals surface area contributed by atoms with Gasteiger partial charge in [-0.25, -0.2) is 4.79 Å². The summed E-state index contributed by atoms with van der Waals surface area (Å²) < 4.78 is 5.47. The number of carboxylic acid groups (broad SMARTS) is 1. The van der Waals surface area contributed by atoms with E-state index in [1.165, 1.54) is 0 Å². The van der Waals surface area contributed by atoms with Gasteiger partial charge in [-0.05, 0) is 43.2 Å². The van der Waals surface area contributed by atoms with Gasteiger partial charge in [0.2, 0.25) is 0 Å². The minimum atomic E-state index is -0.904. The highest BCUT2D eigenvalue weighted by Crippen LogP contribution is 2.51. The molecule has 2 aliphatic heterocycles. The van der Waals surface area contributed by atoms with E-state index < -0.39 is 5.97 Å². The Morgan fingerprint density at radius 2 is 1.79 bits per heavy atom. The Hall–Kier alpha value is -1.65. The van der Waals surface area contributed by atoms with Crippen LogP contribution in [0.3, 0.4) is 0 Å². The normalized spacial score (nSPS) is 15.0. The van der Waals surface area contributed by atoms with Crippen molar-refractivity contribution in [1.82, 2.24) is 0 Å². The fourth-order valence-electron chi connectivity index (χ4n) is 3.80. The maximum absolute atomic E-state index is 12.1. The summed E-state index contributed by atoms with van der Waals surface area (Å²) in [5.41, 5.74) is 6.39. The second-order valence-corrected chi connectivity index (χ2v) is 8.51. The van der Waals surface area contributed by atoms with Crippen LogP contribution in [0.4, 0.5) is 22.7 Å². The Bertz CT molecular complexity index is 959. The molecular weight excluding hydrogens is 501 g/mol. The minimum absolute atomic E-state index is 0. The SMILES string of the molecule is Cc1cc(N2CCOCC2)cc2c1Nc1c(C)cc(N(C)C)c(C(=O)O)c1S2.I. The first kappa shape index (κ1) is 22.0. The van der Waals surface area contributed by atoms with Gasteiger partial charge >= 0.3 is 5.97 Å². The Morgan fingerprint density at radius 3 is 2.41 bits per heavy atom. The average Bonchev–Trinajstić information content (AvgIpc) is 2.67. The van der Waals surface area contributed by atoms with Gasteiger partial charge in [-0.15, -0.1) is 24.0 Å². The standard InChI is InChI=1S/C21H25N3O3S.HI/c1-12-9-14(24-5-7-27-8-6-24)11-16-18(12)22-19-13(2)10-15(23(3)4)17(21(25)26)20(19)28-16;/h9-11,22H,5-8H2,1-4H3,(H,25,26);1H. The van der Waals surface area contributed by atoms with Gasteiger partial charge in [0.15, 0.2) is 0 Å². The number of rotatable bonds is 3. The highest BCUT2D eigenvalue weighted by atomic mass is 127. The molecule has 156 valence electrons. The van der Waals surface area contributed by atoms with Crippen molar-refractivity contribution in [3.63, 3.8) is 0 Å². The van der Waals surface area contributed by atoms with E-state index in [1.54, 1.807) is 11.8 Å². The molecule has 2 N–H and O–H groups in total. The van der Waals surface area contributed by atoms with Crippen LogP contribution in [0.25, 0.3) is 0 Å². The zero-order valence-electron chi connectivity index (χ0n) is 17.0. The number of halogens is 1. The first-order valence-corrected chi connectivity index (χ1v) is 10.2. The molecule has 29 heavy (non-hydrogen) atoms. The molecule has 0 aliphatic carbocycles. The number of morpholine rings is 1. The number of anilines is 4. The van der Waals surface area contributed by atoms with Crippen molar-refractivity contribution in [3.8, 4) is 0 Å². The predicted octanol–water partition coefficient (Wildman–Crippen LogP) is 4.73. The Morgan fingerprint density at radius 1 is 1.14 bits per heavy atom. The predicted molar refractivity (Wildman–Crippen MR) is 129 cm³/mol. The second-order valence-electron chi connectivity index (χ2n) is 7.45. The van der Waals surface area contributed by atoms with Crippen LogP contribution in [0.1, 0.15) is 21.5 Å². The third-order valence-electron chi connectivity index (χ3n) is 5.28. The van der Waals surface area contributed by atoms with Crippen LogP contribution in [0.15, 0.2) is 28.0 Å². The molecule has 0 saturated carbocycles. The summed E-state index contributed by atoms with van der Waals surface area (Å²) in [6, 6.07) is 6.31. The Kier molecular flexibility index (Phi) is 6.54. The molecule has 8 heteroatoms. The van der Waals surface area contributed by atoms with Crippen molar-refractivity contribution >= 4 is 64.5 Å². The summed E-state index contributed by atoms with van der Waals surface area (Å²) in [5.74, 6) is -0.904. The Labute approximate surface area is 192 Å². The van der Waals surface area contributed by atoms with Crippen molar-refractivity contribution in [3.05, 3.63) is 34.9 Å². The number of ether oxygens (including phenoxy) is 1. The first-order chi connectivity index (χ1) is 13.4. The lowest BCUT2D eigenvalue weighted by atomic mass is 10.0. The van der Waals surface area contributed by atoms with E-state index in [0.29, 0.717) is 5.56 Å². The molecule has 0 amide bonds. The molecule has 0 aromatic heterocycles. The molecule has 4 rings (SSSR count). The Balaban J connectivity index is 0.00000240. The lowest BCUT2D eigenvalue weighted by Crippen LogP contribution is -2.36. The summed E-state index contributed by atoms with van der Waals surface area (Å²) in [5, 5.41) is 13.5. The van der Waals surface area contributed by atoms with Gasteiger partial charge in [0.25, 0.3) is 0 Å². The van der Waals surface area contributed by atoms with Gasteiger partial charge in [-0.1, -0.05) is 11.8 Å². The van der Waals surface area contributed by atoms with E-state index >= 15 is 0 Å². The van der Waals surface area contributed by atoms with E-state index in [0.717, 1.165) is 70.0 Å². The molecule has 6 nitrogen and oxygen atoms in total. The average molecular weight is 527 g/mol. The number of nitrogens with zero attached hydrogens (tertiary/aromatic N) is 2. The molecule has 2 aromatic carbocycles. The fourth-order valence-corrected chi connectivity index (χ4v) is 5.12. The lowest BCUT2D eigenvalue weighted by molar-refractivity contribution is 0.0694. The molecule has 2 aliphatic rings. The van der Waals surface area contributed by atoms with E-state index in [1.807, 2.05) is 32.0 Å². The third kappa shape index (κ3) is 4.02. The quantitative estimate of drug-likeness (QED) is 0.478. The van der Waals surface area contributed by atoms with Gasteiger partial charge in [0.05, 0.1) is 40.7 Å². The number of benzene rings is 2. The summed E-state index contributed by atoms with van der Waals surface area (Å²) in [6.45, 7) is 7.34. The molecule has 2 aromatic rings. The van der Waals surface area contributed by atoms with E-state index in [4.69, 9.17) is 4.74 Å². The molecule has 0 radical (unpaired) electrons. The zero-order valence-corrected chi connectivity index (χ0v) is 20.2. The van der Waals surface area contributed by atoms with E-state index in [-0.39, 0.29) is 24.0 Å². The van der Waals surface area contributed by atoms with Crippen LogP contribution in [-0.4, -0.2) is 51.5 Å². The zero-order chi connectivity index (χ0) is 20.0. The maximum Gasteiger partial charge on any atom is 0.339 e. The number of aromatic carboxylic acids is 1. The highest BCUT2D eigenvalue weighted by Gasteiger charge is 2.28. The third-order valence-corrected chi connectivity index (χ3v) is 6.43. The highest BCUT2D eigenvalue weighted by molar-refractivity contribution is 14.0. The van der Waals surface area contributed by atoms with Crippen molar-refractivity contribution in [2.45, 2.75) is 23.6 Å². The van der Waals surface area contributed by atoms with Gasteiger partial charge < -0.3 is 25.0 Å². The summed E-state index contributed by atoms with van der Waals surface area (Å²) in [7, 11) is 3.76. The molecule has 0 spiro atoms. The van der Waals surface area contributed by atoms with Crippen molar-refractivity contribution in [1.29, 1.82) is 0 Å². The summed E-state index contributed by atoms with van der Waals surface area (Å²) in [4.78, 5) is 18.1. The molecular formula is C21H26IN3O3S. The van der Waals surface area contributed by atoms with Gasteiger partial charge in [0, 0.05) is 37.8 Å². The number of aryl methyl sites for hydroxylation is 2. The van der Waals surface area contributed by atoms with Gasteiger partial charge in [-0.2, -0.15) is 0 Å². The van der Waals surface area contributed by atoms with Gasteiger partial charge in [0.1, 0.15) is 0 Å². The number of carbonyl (C=O) groups is 1. The van der Waals surface area contributed by atoms with E-state index in [2.05, 4.69) is 29.3 Å². The van der Waals surface area contributed by atoms with Crippen LogP contribution in [-0.2, 0) is 4.74 Å². The molecule has 1 fully saturated rings.